The van der Waals surface area contributed by atoms with E-state index in [1.54, 1.807) is 30.3 Å². The highest BCUT2D eigenvalue weighted by Gasteiger charge is 2.07. The number of rotatable bonds is 5. The minimum absolute atomic E-state index is 0. The van der Waals surface area contributed by atoms with Crippen LogP contribution in [0, 0.1) is 5.82 Å². The summed E-state index contributed by atoms with van der Waals surface area (Å²) in [6, 6.07) is 17.2. The van der Waals surface area contributed by atoms with Gasteiger partial charge in [-0.05, 0) is 35.4 Å². The Labute approximate surface area is 157 Å². The molecule has 0 saturated carbocycles. The maximum Gasteiger partial charge on any atom is 0.335 e. The van der Waals surface area contributed by atoms with E-state index in [0.717, 1.165) is 16.7 Å². The fourth-order valence-corrected chi connectivity index (χ4v) is 2.47. The Morgan fingerprint density at radius 3 is 2.19 bits per heavy atom. The molecule has 0 spiro atoms. The van der Waals surface area contributed by atoms with E-state index in [4.69, 9.17) is 5.11 Å². The predicted octanol–water partition coefficient (Wildman–Crippen LogP) is 1.03. The number of hydrogen-bond acceptors (Lipinski definition) is 1. The van der Waals surface area contributed by atoms with Gasteiger partial charge in [-0.1, -0.05) is 36.4 Å². The van der Waals surface area contributed by atoms with E-state index >= 15 is 0 Å². The lowest BCUT2D eigenvalue weighted by atomic mass is 10.1. The predicted molar refractivity (Wildman–Crippen MR) is 94.5 cm³/mol. The number of hydrogen-bond donors (Lipinski definition) is 1. The highest BCUT2D eigenvalue weighted by Crippen LogP contribution is 2.09. The molecule has 0 amide bonds. The quantitative estimate of drug-likeness (QED) is 0.683. The van der Waals surface area contributed by atoms with Gasteiger partial charge in [0.05, 0.1) is 5.56 Å². The SMILES string of the molecule is O=C(O)c1cccc(C[n+]2ccc(/C=C\c3ccc(F)cc3)cc2)c1.[Cl-]. The smallest absolute Gasteiger partial charge is 0.335 e. The molecular weight excluding hydrogens is 353 g/mol. The van der Waals surface area contributed by atoms with Crippen molar-refractivity contribution < 1.29 is 31.3 Å². The first-order valence-corrected chi connectivity index (χ1v) is 7.85. The van der Waals surface area contributed by atoms with Gasteiger partial charge >= 0.3 is 5.97 Å². The highest BCUT2D eigenvalue weighted by atomic mass is 35.5. The van der Waals surface area contributed by atoms with E-state index in [-0.39, 0.29) is 23.8 Å². The number of carboxylic acid groups (broad SMARTS) is 1. The summed E-state index contributed by atoms with van der Waals surface area (Å²) in [6.45, 7) is 0.600. The number of pyridine rings is 1. The summed E-state index contributed by atoms with van der Waals surface area (Å²) in [7, 11) is 0. The van der Waals surface area contributed by atoms with Crippen molar-refractivity contribution in [2.45, 2.75) is 6.54 Å². The third-order valence-corrected chi connectivity index (χ3v) is 3.79. The van der Waals surface area contributed by atoms with Crippen LogP contribution in [-0.2, 0) is 6.54 Å². The van der Waals surface area contributed by atoms with Gasteiger partial charge < -0.3 is 17.5 Å². The Balaban J connectivity index is 0.00000243. The molecule has 2 aromatic carbocycles. The topological polar surface area (TPSA) is 41.2 Å². The zero-order chi connectivity index (χ0) is 17.6. The maximum absolute atomic E-state index is 12.9. The molecule has 0 aliphatic carbocycles. The summed E-state index contributed by atoms with van der Waals surface area (Å²) >= 11 is 0. The number of carbonyl (C=O) groups is 1. The Morgan fingerprint density at radius 1 is 0.962 bits per heavy atom. The van der Waals surface area contributed by atoms with Crippen LogP contribution in [0.4, 0.5) is 4.39 Å². The number of nitrogens with zero attached hydrogens (tertiary/aromatic N) is 1. The molecule has 3 aromatic rings. The number of benzene rings is 2. The van der Waals surface area contributed by atoms with Crippen molar-refractivity contribution in [1.29, 1.82) is 0 Å². The minimum Gasteiger partial charge on any atom is -1.00 e. The largest absolute Gasteiger partial charge is 1.00 e. The van der Waals surface area contributed by atoms with Crippen LogP contribution < -0.4 is 17.0 Å². The minimum atomic E-state index is -0.923. The van der Waals surface area contributed by atoms with Crippen molar-refractivity contribution in [2.75, 3.05) is 0 Å². The van der Waals surface area contributed by atoms with E-state index in [1.165, 1.54) is 12.1 Å². The maximum atomic E-state index is 12.9. The van der Waals surface area contributed by atoms with Crippen LogP contribution in [0.2, 0.25) is 0 Å². The molecule has 5 heteroatoms. The molecule has 0 saturated heterocycles. The highest BCUT2D eigenvalue weighted by molar-refractivity contribution is 5.87. The molecule has 3 nitrogen and oxygen atoms in total. The van der Waals surface area contributed by atoms with Crippen LogP contribution in [0.5, 0.6) is 0 Å². The summed E-state index contributed by atoms with van der Waals surface area (Å²) in [4.78, 5) is 11.0. The lowest BCUT2D eigenvalue weighted by Crippen LogP contribution is -3.00. The van der Waals surface area contributed by atoms with Crippen molar-refractivity contribution in [3.63, 3.8) is 0 Å². The molecule has 0 aliphatic heterocycles. The molecule has 0 unspecified atom stereocenters. The zero-order valence-electron chi connectivity index (χ0n) is 13.8. The average molecular weight is 370 g/mol. The van der Waals surface area contributed by atoms with E-state index < -0.39 is 5.97 Å². The van der Waals surface area contributed by atoms with Crippen molar-refractivity contribution >= 4 is 18.1 Å². The molecule has 0 fully saturated rings. The van der Waals surface area contributed by atoms with Crippen LogP contribution >= 0.6 is 0 Å². The van der Waals surface area contributed by atoms with Crippen molar-refractivity contribution in [3.05, 3.63) is 101 Å². The summed E-state index contributed by atoms with van der Waals surface area (Å²) in [6.07, 6.45) is 7.77. The van der Waals surface area contributed by atoms with Gasteiger partial charge in [-0.25, -0.2) is 13.8 Å². The standard InChI is InChI=1S/C21H16FNO2.ClH/c22-20-8-6-16(7-9-20)4-5-17-10-12-23(13-11-17)15-18-2-1-3-19(14-18)21(24)25;/h1-14H,15H2;1H/b5-4-;. The average Bonchev–Trinajstić information content (AvgIpc) is 2.63. The molecule has 0 atom stereocenters. The normalized spacial score (nSPS) is 10.5. The molecule has 0 radical (unpaired) electrons. The number of aromatic nitrogens is 1. The van der Waals surface area contributed by atoms with E-state index in [9.17, 15) is 9.18 Å². The van der Waals surface area contributed by atoms with Gasteiger partial charge in [0.25, 0.3) is 0 Å². The fourth-order valence-electron chi connectivity index (χ4n) is 2.47. The molecule has 26 heavy (non-hydrogen) atoms. The van der Waals surface area contributed by atoms with Gasteiger partial charge in [0.2, 0.25) is 0 Å². The second-order valence-electron chi connectivity index (χ2n) is 5.69. The van der Waals surface area contributed by atoms with Crippen LogP contribution in [0.3, 0.4) is 0 Å². The van der Waals surface area contributed by atoms with Gasteiger partial charge in [0.1, 0.15) is 5.82 Å². The van der Waals surface area contributed by atoms with E-state index in [1.807, 2.05) is 47.3 Å². The first-order valence-electron chi connectivity index (χ1n) is 7.85. The summed E-state index contributed by atoms with van der Waals surface area (Å²) in [5.41, 5.74) is 3.18. The molecule has 132 valence electrons. The third-order valence-electron chi connectivity index (χ3n) is 3.79. The Morgan fingerprint density at radius 2 is 1.58 bits per heavy atom. The van der Waals surface area contributed by atoms with Crippen molar-refractivity contribution in [3.8, 4) is 0 Å². The Hall–Kier alpha value is -2.98. The fraction of sp³-hybridized carbons (Fsp3) is 0.0476. The number of halogens is 2. The summed E-state index contributed by atoms with van der Waals surface area (Å²) in [5, 5.41) is 9.04. The Kier molecular flexibility index (Phi) is 6.64. The van der Waals surface area contributed by atoms with E-state index in [0.29, 0.717) is 6.54 Å². The van der Waals surface area contributed by atoms with Gasteiger partial charge in [-0.15, -0.1) is 0 Å². The Bertz CT molecular complexity index is 906. The van der Waals surface area contributed by atoms with E-state index in [2.05, 4.69) is 0 Å². The molecule has 1 aromatic heterocycles. The first-order chi connectivity index (χ1) is 12.1. The van der Waals surface area contributed by atoms with Gasteiger partial charge in [-0.3, -0.25) is 0 Å². The van der Waals surface area contributed by atoms with Gasteiger partial charge in [-0.2, -0.15) is 0 Å². The van der Waals surface area contributed by atoms with Gasteiger partial charge in [0.15, 0.2) is 18.9 Å². The second kappa shape index (κ2) is 8.92. The second-order valence-corrected chi connectivity index (χ2v) is 5.69. The monoisotopic (exact) mass is 369 g/mol. The van der Waals surface area contributed by atoms with Gasteiger partial charge in [0, 0.05) is 17.7 Å². The third kappa shape index (κ3) is 5.26. The van der Waals surface area contributed by atoms with Crippen LogP contribution in [-0.4, -0.2) is 11.1 Å². The molecule has 0 aliphatic rings. The number of aromatic carboxylic acids is 1. The lowest BCUT2D eigenvalue weighted by Gasteiger charge is -2.00. The molecular formula is C21H17ClFNO2. The van der Waals surface area contributed by atoms with Crippen LogP contribution in [0.15, 0.2) is 73.1 Å². The summed E-state index contributed by atoms with van der Waals surface area (Å²) in [5.74, 6) is -1.17. The first kappa shape index (κ1) is 19.3. The lowest BCUT2D eigenvalue weighted by molar-refractivity contribution is -0.688. The summed E-state index contributed by atoms with van der Waals surface area (Å²) < 4.78 is 14.9. The van der Waals surface area contributed by atoms with Crippen LogP contribution in [0.25, 0.3) is 12.2 Å². The zero-order valence-corrected chi connectivity index (χ0v) is 14.6. The van der Waals surface area contributed by atoms with Crippen molar-refractivity contribution in [2.24, 2.45) is 0 Å². The molecule has 0 bridgehead atoms. The van der Waals surface area contributed by atoms with Crippen molar-refractivity contribution in [1.82, 2.24) is 0 Å². The molecule has 3 rings (SSSR count). The molecule has 1 N–H and O–H groups in total. The van der Waals surface area contributed by atoms with Crippen LogP contribution in [0.1, 0.15) is 27.0 Å². The molecule has 1 heterocycles. The number of carboxylic acids is 1.